The third-order valence-electron chi connectivity index (χ3n) is 4.99. The maximum Gasteiger partial charge on any atom is 0.197 e. The third kappa shape index (κ3) is 4.43. The molecule has 0 unspecified atom stereocenters. The van der Waals surface area contributed by atoms with E-state index in [1.807, 2.05) is 39.8 Å². The number of allylic oxidation sites excluding steroid dienone is 4. The highest BCUT2D eigenvalue weighted by Crippen LogP contribution is 2.41. The zero-order chi connectivity index (χ0) is 22.9. The number of hydrogen-bond acceptors (Lipinski definition) is 6. The molecule has 31 heavy (non-hydrogen) atoms. The highest BCUT2D eigenvalue weighted by Gasteiger charge is 2.23. The quantitative estimate of drug-likeness (QED) is 0.415. The minimum Gasteiger partial charge on any atom is -0.508 e. The van der Waals surface area contributed by atoms with E-state index in [0.29, 0.717) is 12.0 Å². The second-order valence-electron chi connectivity index (χ2n) is 8.01. The summed E-state index contributed by atoms with van der Waals surface area (Å²) in [6, 6.07) is 5.11. The number of fused-ring (bicyclic) bond motifs is 1. The Balaban J connectivity index is 2.38. The Hall–Kier alpha value is -3.67. The zero-order valence-electron chi connectivity index (χ0n) is 18.0. The van der Waals surface area contributed by atoms with Gasteiger partial charge in [-0.1, -0.05) is 23.3 Å². The first-order chi connectivity index (χ1) is 14.6. The predicted molar refractivity (Wildman–Crippen MR) is 121 cm³/mol. The second-order valence-corrected chi connectivity index (χ2v) is 8.01. The Bertz CT molecular complexity index is 1270. The lowest BCUT2D eigenvalue weighted by molar-refractivity contribution is 0.438. The summed E-state index contributed by atoms with van der Waals surface area (Å²) < 4.78 is 5.95. The Labute approximate surface area is 180 Å². The molecule has 0 aliphatic carbocycles. The summed E-state index contributed by atoms with van der Waals surface area (Å²) >= 11 is 0. The van der Waals surface area contributed by atoms with Crippen molar-refractivity contribution < 1.29 is 24.8 Å². The monoisotopic (exact) mass is 422 g/mol. The van der Waals surface area contributed by atoms with E-state index in [4.69, 9.17) is 4.42 Å². The van der Waals surface area contributed by atoms with Gasteiger partial charge in [-0.15, -0.1) is 0 Å². The normalized spacial score (nSPS) is 10.8. The lowest BCUT2D eigenvalue weighted by Crippen LogP contribution is -2.05. The van der Waals surface area contributed by atoms with Crippen LogP contribution in [0.3, 0.4) is 0 Å². The molecule has 0 fully saturated rings. The van der Waals surface area contributed by atoms with Crippen LogP contribution in [0.5, 0.6) is 23.0 Å². The van der Waals surface area contributed by atoms with Crippen LogP contribution in [-0.2, 0) is 12.8 Å². The van der Waals surface area contributed by atoms with Gasteiger partial charge in [0.15, 0.2) is 5.43 Å². The molecule has 0 aliphatic rings. The maximum absolute atomic E-state index is 13.0. The SMILES string of the molecule is CC(C)=CCc1c(O)c(CC=C(C)C)c2oc(-c3ccc(O)cc3O)cc(=O)c2c1O. The average molecular weight is 422 g/mol. The molecule has 0 radical (unpaired) electrons. The minimum atomic E-state index is -0.502. The van der Waals surface area contributed by atoms with Crippen molar-refractivity contribution in [2.24, 2.45) is 0 Å². The molecule has 6 heteroatoms. The summed E-state index contributed by atoms with van der Waals surface area (Å²) in [6.07, 6.45) is 4.30. The topological polar surface area (TPSA) is 111 Å². The molecule has 6 nitrogen and oxygen atoms in total. The number of aromatic hydroxyl groups is 4. The van der Waals surface area contributed by atoms with E-state index in [-0.39, 0.29) is 57.3 Å². The van der Waals surface area contributed by atoms with Crippen LogP contribution in [0.2, 0.25) is 0 Å². The number of benzene rings is 2. The van der Waals surface area contributed by atoms with Crippen molar-refractivity contribution >= 4 is 11.0 Å². The number of rotatable bonds is 5. The molecular formula is C25H26O6. The summed E-state index contributed by atoms with van der Waals surface area (Å²) in [5.41, 5.74) is 2.43. The molecule has 2 aromatic carbocycles. The fourth-order valence-electron chi connectivity index (χ4n) is 3.34. The number of phenolic OH excluding ortho intramolecular Hbond substituents is 4. The van der Waals surface area contributed by atoms with Gasteiger partial charge in [-0.05, 0) is 52.7 Å². The van der Waals surface area contributed by atoms with Crippen LogP contribution in [0.1, 0.15) is 38.8 Å². The van der Waals surface area contributed by atoms with E-state index in [1.54, 1.807) is 0 Å². The minimum absolute atomic E-state index is 0.0193. The lowest BCUT2D eigenvalue weighted by Gasteiger charge is -2.15. The second kappa shape index (κ2) is 8.60. The summed E-state index contributed by atoms with van der Waals surface area (Å²) in [6.45, 7) is 7.65. The molecule has 0 atom stereocenters. The summed E-state index contributed by atoms with van der Waals surface area (Å²) in [5.74, 6) is -0.782. The lowest BCUT2D eigenvalue weighted by atomic mass is 9.96. The van der Waals surface area contributed by atoms with E-state index in [1.165, 1.54) is 18.2 Å². The molecule has 4 N–H and O–H groups in total. The molecule has 0 spiro atoms. The van der Waals surface area contributed by atoms with Crippen molar-refractivity contribution in [3.05, 3.63) is 68.9 Å². The van der Waals surface area contributed by atoms with Crippen molar-refractivity contribution in [1.29, 1.82) is 0 Å². The first-order valence-corrected chi connectivity index (χ1v) is 9.92. The molecule has 3 rings (SSSR count). The van der Waals surface area contributed by atoms with Crippen LogP contribution in [0.25, 0.3) is 22.3 Å². The van der Waals surface area contributed by atoms with Gasteiger partial charge < -0.3 is 24.8 Å². The summed E-state index contributed by atoms with van der Waals surface area (Å²) in [5, 5.41) is 41.5. The van der Waals surface area contributed by atoms with Crippen LogP contribution < -0.4 is 5.43 Å². The van der Waals surface area contributed by atoms with Crippen molar-refractivity contribution in [3.8, 4) is 34.3 Å². The zero-order valence-corrected chi connectivity index (χ0v) is 18.0. The largest absolute Gasteiger partial charge is 0.508 e. The first kappa shape index (κ1) is 22.0. The van der Waals surface area contributed by atoms with Gasteiger partial charge in [0.1, 0.15) is 39.7 Å². The van der Waals surface area contributed by atoms with Crippen molar-refractivity contribution in [2.45, 2.75) is 40.5 Å². The van der Waals surface area contributed by atoms with Crippen LogP contribution in [0.4, 0.5) is 0 Å². The fourth-order valence-corrected chi connectivity index (χ4v) is 3.34. The van der Waals surface area contributed by atoms with Crippen LogP contribution in [0.15, 0.2) is 56.8 Å². The highest BCUT2D eigenvalue weighted by molar-refractivity contribution is 5.91. The molecule has 0 saturated heterocycles. The first-order valence-electron chi connectivity index (χ1n) is 9.92. The van der Waals surface area contributed by atoms with Gasteiger partial charge in [-0.2, -0.15) is 0 Å². The average Bonchev–Trinajstić information content (AvgIpc) is 2.66. The molecule has 1 heterocycles. The summed E-state index contributed by atoms with van der Waals surface area (Å²) in [7, 11) is 0. The van der Waals surface area contributed by atoms with Gasteiger partial charge in [0.25, 0.3) is 0 Å². The van der Waals surface area contributed by atoms with Gasteiger partial charge in [0, 0.05) is 23.3 Å². The predicted octanol–water partition coefficient (Wildman–Crippen LogP) is 5.30. The molecule has 0 aliphatic heterocycles. The van der Waals surface area contributed by atoms with Gasteiger partial charge in [0.05, 0.1) is 5.56 Å². The van der Waals surface area contributed by atoms with E-state index < -0.39 is 5.43 Å². The van der Waals surface area contributed by atoms with Crippen molar-refractivity contribution in [1.82, 2.24) is 0 Å². The Kier molecular flexibility index (Phi) is 6.11. The molecule has 3 aromatic rings. The fraction of sp³-hybridized carbons (Fsp3) is 0.240. The smallest absolute Gasteiger partial charge is 0.197 e. The van der Waals surface area contributed by atoms with Crippen LogP contribution in [-0.4, -0.2) is 20.4 Å². The molecule has 0 saturated carbocycles. The number of hydrogen-bond donors (Lipinski definition) is 4. The maximum atomic E-state index is 13.0. The number of phenols is 4. The third-order valence-corrected chi connectivity index (χ3v) is 4.99. The van der Waals surface area contributed by atoms with E-state index in [0.717, 1.165) is 17.2 Å². The standard InChI is InChI=1S/C25H26O6/c1-13(2)5-8-17-23(29)18(9-6-14(3)4)25-22(24(17)30)20(28)12-21(31-25)16-10-7-15(26)11-19(16)27/h5-7,10-12,26-27,29-30H,8-9H2,1-4H3. The van der Waals surface area contributed by atoms with Gasteiger partial charge in [0.2, 0.25) is 0 Å². The molecule has 0 amide bonds. The van der Waals surface area contributed by atoms with E-state index in [9.17, 15) is 25.2 Å². The molecule has 1 aromatic heterocycles. The van der Waals surface area contributed by atoms with E-state index in [2.05, 4.69) is 0 Å². The Morgan fingerprint density at radius 3 is 2.06 bits per heavy atom. The van der Waals surface area contributed by atoms with Gasteiger partial charge >= 0.3 is 0 Å². The Morgan fingerprint density at radius 2 is 1.48 bits per heavy atom. The van der Waals surface area contributed by atoms with Crippen LogP contribution in [0, 0.1) is 0 Å². The van der Waals surface area contributed by atoms with Crippen molar-refractivity contribution in [2.75, 3.05) is 0 Å². The van der Waals surface area contributed by atoms with E-state index >= 15 is 0 Å². The molecule has 162 valence electrons. The van der Waals surface area contributed by atoms with Crippen LogP contribution >= 0.6 is 0 Å². The molecular weight excluding hydrogens is 396 g/mol. The molecule has 0 bridgehead atoms. The van der Waals surface area contributed by atoms with Crippen molar-refractivity contribution in [3.63, 3.8) is 0 Å². The summed E-state index contributed by atoms with van der Waals surface area (Å²) in [4.78, 5) is 13.0. The Morgan fingerprint density at radius 1 is 0.871 bits per heavy atom. The van der Waals surface area contributed by atoms with Gasteiger partial charge in [-0.3, -0.25) is 4.79 Å². The van der Waals surface area contributed by atoms with Gasteiger partial charge in [-0.25, -0.2) is 0 Å². The highest BCUT2D eigenvalue weighted by atomic mass is 16.3.